The summed E-state index contributed by atoms with van der Waals surface area (Å²) in [4.78, 5) is 12.6. The number of anilines is 1. The summed E-state index contributed by atoms with van der Waals surface area (Å²) >= 11 is 0. The standard InChI is InChI=1S/C24H19FN2O3/c1-15-6-8-18(25)14-22(15)26-11-10-23(28)16-7-9-21-20(13-16)24(30-27-21)17-4-3-5-19(12-17)29-2/h3-14,26H,1-2H3. The van der Waals surface area contributed by atoms with Crippen molar-refractivity contribution in [1.29, 1.82) is 0 Å². The highest BCUT2D eigenvalue weighted by Gasteiger charge is 2.14. The number of allylic oxidation sites excluding steroid dienone is 1. The van der Waals surface area contributed by atoms with Crippen LogP contribution in [0.15, 0.2) is 77.5 Å². The summed E-state index contributed by atoms with van der Waals surface area (Å²) < 4.78 is 24.2. The molecule has 0 atom stereocenters. The number of benzene rings is 3. The fourth-order valence-corrected chi connectivity index (χ4v) is 3.12. The average Bonchev–Trinajstić information content (AvgIpc) is 3.19. The van der Waals surface area contributed by atoms with E-state index in [1.807, 2.05) is 31.2 Å². The number of nitrogens with zero attached hydrogens (tertiary/aromatic N) is 1. The van der Waals surface area contributed by atoms with Gasteiger partial charge in [-0.1, -0.05) is 23.4 Å². The molecule has 0 radical (unpaired) electrons. The van der Waals surface area contributed by atoms with Gasteiger partial charge >= 0.3 is 0 Å². The monoisotopic (exact) mass is 402 g/mol. The van der Waals surface area contributed by atoms with Gasteiger partial charge in [0.15, 0.2) is 11.5 Å². The number of carbonyl (C=O) groups is 1. The van der Waals surface area contributed by atoms with Gasteiger partial charge in [0.1, 0.15) is 17.1 Å². The second kappa shape index (κ2) is 8.21. The number of hydrogen-bond acceptors (Lipinski definition) is 5. The zero-order valence-electron chi connectivity index (χ0n) is 16.5. The van der Waals surface area contributed by atoms with Gasteiger partial charge in [0, 0.05) is 29.1 Å². The molecule has 1 N–H and O–H groups in total. The summed E-state index contributed by atoms with van der Waals surface area (Å²) in [6, 6.07) is 17.1. The minimum atomic E-state index is -0.342. The van der Waals surface area contributed by atoms with E-state index in [0.29, 0.717) is 28.3 Å². The number of aryl methyl sites for hydroxylation is 1. The second-order valence-electron chi connectivity index (χ2n) is 6.78. The van der Waals surface area contributed by atoms with Gasteiger partial charge in [-0.3, -0.25) is 4.79 Å². The molecular formula is C24H19FN2O3. The van der Waals surface area contributed by atoms with Gasteiger partial charge in [-0.25, -0.2) is 4.39 Å². The molecule has 5 nitrogen and oxygen atoms in total. The Kier molecular flexibility index (Phi) is 5.30. The molecule has 3 aromatic carbocycles. The first-order valence-corrected chi connectivity index (χ1v) is 9.32. The van der Waals surface area contributed by atoms with Crippen LogP contribution >= 0.6 is 0 Å². The van der Waals surface area contributed by atoms with Crippen LogP contribution in [-0.2, 0) is 0 Å². The second-order valence-corrected chi connectivity index (χ2v) is 6.78. The number of halogens is 1. The van der Waals surface area contributed by atoms with E-state index in [4.69, 9.17) is 9.26 Å². The van der Waals surface area contributed by atoms with Crippen molar-refractivity contribution in [3.63, 3.8) is 0 Å². The van der Waals surface area contributed by atoms with Crippen molar-refractivity contribution < 1.29 is 18.4 Å². The van der Waals surface area contributed by atoms with Crippen molar-refractivity contribution in [3.8, 4) is 17.1 Å². The number of nitrogens with one attached hydrogen (secondary N) is 1. The number of ether oxygens (including phenoxy) is 1. The Morgan fingerprint density at radius 1 is 1.13 bits per heavy atom. The third-order valence-corrected chi connectivity index (χ3v) is 4.77. The van der Waals surface area contributed by atoms with Gasteiger partial charge in [-0.15, -0.1) is 0 Å². The molecule has 1 aromatic heterocycles. The Bertz CT molecular complexity index is 1260. The molecule has 0 saturated carbocycles. The summed E-state index contributed by atoms with van der Waals surface area (Å²) in [5, 5.41) is 7.76. The van der Waals surface area contributed by atoms with Crippen LogP contribution in [-0.4, -0.2) is 18.0 Å². The van der Waals surface area contributed by atoms with Gasteiger partial charge in [-0.2, -0.15) is 0 Å². The molecule has 1 heterocycles. The van der Waals surface area contributed by atoms with Crippen molar-refractivity contribution in [3.05, 3.63) is 89.9 Å². The van der Waals surface area contributed by atoms with E-state index < -0.39 is 0 Å². The molecule has 0 fully saturated rings. The highest BCUT2D eigenvalue weighted by atomic mass is 19.1. The molecule has 0 unspecified atom stereocenters. The Morgan fingerprint density at radius 3 is 2.83 bits per heavy atom. The quantitative estimate of drug-likeness (QED) is 0.328. The van der Waals surface area contributed by atoms with Crippen LogP contribution in [0.3, 0.4) is 0 Å². The van der Waals surface area contributed by atoms with Gasteiger partial charge in [-0.05, 0) is 55.0 Å². The Hall–Kier alpha value is -3.93. The third kappa shape index (κ3) is 3.93. The molecule has 0 amide bonds. The lowest BCUT2D eigenvalue weighted by atomic mass is 10.0. The van der Waals surface area contributed by atoms with Crippen molar-refractivity contribution in [1.82, 2.24) is 5.16 Å². The molecule has 0 aliphatic carbocycles. The number of carbonyl (C=O) groups excluding carboxylic acids is 1. The molecule has 0 bridgehead atoms. The average molecular weight is 402 g/mol. The van der Waals surface area contributed by atoms with E-state index in [1.165, 1.54) is 24.4 Å². The Balaban J connectivity index is 1.59. The topological polar surface area (TPSA) is 64.4 Å². The SMILES string of the molecule is COc1cccc(-c2onc3ccc(C(=O)C=CNc4cc(F)ccc4C)cc23)c1. The lowest BCUT2D eigenvalue weighted by Gasteiger charge is -2.05. The molecule has 30 heavy (non-hydrogen) atoms. The summed E-state index contributed by atoms with van der Waals surface area (Å²) in [7, 11) is 1.60. The van der Waals surface area contributed by atoms with E-state index >= 15 is 0 Å². The van der Waals surface area contributed by atoms with Crippen LogP contribution in [0.25, 0.3) is 22.2 Å². The van der Waals surface area contributed by atoms with E-state index in [9.17, 15) is 9.18 Å². The number of methoxy groups -OCH3 is 1. The van der Waals surface area contributed by atoms with Crippen LogP contribution < -0.4 is 10.1 Å². The third-order valence-electron chi connectivity index (χ3n) is 4.77. The van der Waals surface area contributed by atoms with Crippen LogP contribution in [0.1, 0.15) is 15.9 Å². The van der Waals surface area contributed by atoms with Crippen LogP contribution in [0.2, 0.25) is 0 Å². The van der Waals surface area contributed by atoms with Gasteiger partial charge in [0.25, 0.3) is 0 Å². The smallest absolute Gasteiger partial charge is 0.187 e. The first-order valence-electron chi connectivity index (χ1n) is 9.32. The van der Waals surface area contributed by atoms with Crippen molar-refractivity contribution in [2.75, 3.05) is 12.4 Å². The molecule has 4 aromatic rings. The largest absolute Gasteiger partial charge is 0.497 e. The minimum Gasteiger partial charge on any atom is -0.497 e. The Morgan fingerprint density at radius 2 is 2.00 bits per heavy atom. The minimum absolute atomic E-state index is 0.198. The number of ketones is 1. The predicted octanol–water partition coefficient (Wildman–Crippen LogP) is 5.76. The lowest BCUT2D eigenvalue weighted by molar-refractivity contribution is 0.104. The normalized spacial score (nSPS) is 11.2. The highest BCUT2D eigenvalue weighted by molar-refractivity contribution is 6.07. The van der Waals surface area contributed by atoms with E-state index in [2.05, 4.69) is 10.5 Å². The van der Waals surface area contributed by atoms with Gasteiger partial charge in [0.05, 0.1) is 12.5 Å². The molecule has 0 spiro atoms. The molecule has 6 heteroatoms. The van der Waals surface area contributed by atoms with Crippen molar-refractivity contribution >= 4 is 22.4 Å². The Labute approximate surface area is 172 Å². The number of hydrogen-bond donors (Lipinski definition) is 1. The molecular weight excluding hydrogens is 383 g/mol. The van der Waals surface area contributed by atoms with Gasteiger partial charge in [0.2, 0.25) is 0 Å². The number of aromatic nitrogens is 1. The van der Waals surface area contributed by atoms with Gasteiger partial charge < -0.3 is 14.6 Å². The first-order chi connectivity index (χ1) is 14.5. The maximum Gasteiger partial charge on any atom is 0.187 e. The molecule has 0 aliphatic rings. The summed E-state index contributed by atoms with van der Waals surface area (Å²) in [5.74, 6) is 0.726. The molecule has 150 valence electrons. The zero-order valence-corrected chi connectivity index (χ0v) is 16.5. The molecule has 0 aliphatic heterocycles. The highest BCUT2D eigenvalue weighted by Crippen LogP contribution is 2.31. The fourth-order valence-electron chi connectivity index (χ4n) is 3.12. The maximum atomic E-state index is 13.4. The summed E-state index contributed by atoms with van der Waals surface area (Å²) in [5.41, 5.74) is 3.43. The summed E-state index contributed by atoms with van der Waals surface area (Å²) in [6.45, 7) is 1.86. The fraction of sp³-hybridized carbons (Fsp3) is 0.0833. The van der Waals surface area contributed by atoms with Crippen LogP contribution in [0.5, 0.6) is 5.75 Å². The molecule has 4 rings (SSSR count). The van der Waals surface area contributed by atoms with Crippen molar-refractivity contribution in [2.24, 2.45) is 0 Å². The van der Waals surface area contributed by atoms with Crippen LogP contribution in [0.4, 0.5) is 10.1 Å². The summed E-state index contributed by atoms with van der Waals surface area (Å²) in [6.07, 6.45) is 2.91. The zero-order chi connectivity index (χ0) is 21.1. The molecule has 0 saturated heterocycles. The number of rotatable bonds is 6. The number of fused-ring (bicyclic) bond motifs is 1. The maximum absolute atomic E-state index is 13.4. The van der Waals surface area contributed by atoms with E-state index in [0.717, 1.165) is 16.5 Å². The lowest BCUT2D eigenvalue weighted by Crippen LogP contribution is -1.97. The first kappa shape index (κ1) is 19.4. The predicted molar refractivity (Wildman–Crippen MR) is 114 cm³/mol. The van der Waals surface area contributed by atoms with Crippen molar-refractivity contribution in [2.45, 2.75) is 6.92 Å². The van der Waals surface area contributed by atoms with Crippen LogP contribution in [0, 0.1) is 12.7 Å². The van der Waals surface area contributed by atoms with E-state index in [1.54, 1.807) is 31.4 Å². The van der Waals surface area contributed by atoms with E-state index in [-0.39, 0.29) is 11.6 Å².